The van der Waals surface area contributed by atoms with Crippen molar-refractivity contribution in [3.8, 4) is 16.9 Å². The van der Waals surface area contributed by atoms with Gasteiger partial charge in [-0.3, -0.25) is 14.7 Å². The molecule has 1 atom stereocenters. The molecule has 1 aliphatic heterocycles. The molecular weight excluding hydrogens is 449 g/mol. The monoisotopic (exact) mass is 481 g/mol. The summed E-state index contributed by atoms with van der Waals surface area (Å²) in [6.45, 7) is 5.26. The molecule has 2 aromatic rings. The Balaban J connectivity index is 1.18. The summed E-state index contributed by atoms with van der Waals surface area (Å²) in [6, 6.07) is 10.6. The van der Waals surface area contributed by atoms with Crippen LogP contribution in [-0.2, 0) is 20.7 Å². The zero-order valence-corrected chi connectivity index (χ0v) is 19.8. The average Bonchev–Trinajstić information content (AvgIpc) is 2.87. The lowest BCUT2D eigenvalue weighted by Gasteiger charge is -2.26. The second-order valence-corrected chi connectivity index (χ2v) is 8.85. The molecule has 2 N–H and O–H groups in total. The average molecular weight is 482 g/mol. The highest BCUT2D eigenvalue weighted by molar-refractivity contribution is 5.78. The lowest BCUT2D eigenvalue weighted by atomic mass is 9.98. The number of benzene rings is 1. The number of ether oxygens (including phenoxy) is 2. The van der Waals surface area contributed by atoms with Crippen molar-refractivity contribution in [1.29, 1.82) is 0 Å². The maximum absolute atomic E-state index is 14.1. The van der Waals surface area contributed by atoms with Crippen molar-refractivity contribution < 1.29 is 23.8 Å². The molecule has 2 aliphatic rings. The summed E-state index contributed by atoms with van der Waals surface area (Å²) in [5.41, 5.74) is 2.49. The van der Waals surface area contributed by atoms with Gasteiger partial charge < -0.3 is 19.9 Å². The predicted octanol–water partition coefficient (Wildman–Crippen LogP) is 3.61. The summed E-state index contributed by atoms with van der Waals surface area (Å²) in [5.74, 6) is 0.192. The molecule has 0 saturated carbocycles. The summed E-state index contributed by atoms with van der Waals surface area (Å²) in [7, 11) is 0. The first-order valence-corrected chi connectivity index (χ1v) is 12.1. The number of phenolic OH excluding ortho intramolecular Hbond substituents is 1. The highest BCUT2D eigenvalue weighted by Crippen LogP contribution is 2.24. The zero-order valence-electron chi connectivity index (χ0n) is 19.8. The van der Waals surface area contributed by atoms with E-state index in [0.29, 0.717) is 31.0 Å². The number of aromatic hydroxyl groups is 1. The highest BCUT2D eigenvalue weighted by atomic mass is 19.1. The second-order valence-electron chi connectivity index (χ2n) is 8.85. The van der Waals surface area contributed by atoms with E-state index in [9.17, 15) is 14.3 Å². The Morgan fingerprint density at radius 3 is 2.69 bits per heavy atom. The van der Waals surface area contributed by atoms with Gasteiger partial charge in [0.15, 0.2) is 0 Å². The molecule has 1 aliphatic carbocycles. The van der Waals surface area contributed by atoms with Crippen molar-refractivity contribution in [2.45, 2.75) is 19.3 Å². The number of halogens is 1. The van der Waals surface area contributed by atoms with Gasteiger partial charge in [-0.05, 0) is 36.3 Å². The molecule has 0 radical (unpaired) electrons. The molecule has 2 heterocycles. The largest absolute Gasteiger partial charge is 0.508 e. The third-order valence-electron chi connectivity index (χ3n) is 6.10. The van der Waals surface area contributed by atoms with E-state index in [2.05, 4.69) is 15.2 Å². The van der Waals surface area contributed by atoms with Crippen molar-refractivity contribution in [2.75, 3.05) is 46.0 Å². The SMILES string of the molecule is O=C(Cc1ccc(-c2ccc(O)cc2)cn1)NCC1C=C(F)C=C(OCCCN2CCOCC2)C1. The molecule has 1 fully saturated rings. The van der Waals surface area contributed by atoms with E-state index in [1.54, 1.807) is 18.3 Å². The number of hydrogen-bond donors (Lipinski definition) is 2. The van der Waals surface area contributed by atoms with Crippen molar-refractivity contribution >= 4 is 5.91 Å². The number of carbonyl (C=O) groups excluding carboxylic acids is 1. The van der Waals surface area contributed by atoms with Gasteiger partial charge in [-0.2, -0.15) is 0 Å². The minimum atomic E-state index is -0.329. The fraction of sp³-hybridized carbons (Fsp3) is 0.407. The van der Waals surface area contributed by atoms with Crippen molar-refractivity contribution in [3.05, 3.63) is 72.0 Å². The molecule has 0 spiro atoms. The summed E-state index contributed by atoms with van der Waals surface area (Å²) in [5, 5.41) is 12.3. The fourth-order valence-corrected chi connectivity index (χ4v) is 4.18. The van der Waals surface area contributed by atoms with Crippen LogP contribution in [0.25, 0.3) is 11.1 Å². The van der Waals surface area contributed by atoms with Gasteiger partial charge in [0.1, 0.15) is 11.6 Å². The van der Waals surface area contributed by atoms with Crippen LogP contribution in [0.1, 0.15) is 18.5 Å². The van der Waals surface area contributed by atoms with Crippen LogP contribution in [0.4, 0.5) is 4.39 Å². The molecule has 35 heavy (non-hydrogen) atoms. The van der Waals surface area contributed by atoms with E-state index < -0.39 is 0 Å². The molecular formula is C27H32FN3O4. The van der Waals surface area contributed by atoms with Gasteiger partial charge in [0.2, 0.25) is 5.91 Å². The molecule has 8 heteroatoms. The van der Waals surface area contributed by atoms with E-state index in [4.69, 9.17) is 9.47 Å². The quantitative estimate of drug-likeness (QED) is 0.505. The summed E-state index contributed by atoms with van der Waals surface area (Å²) in [4.78, 5) is 19.1. The molecule has 1 saturated heterocycles. The van der Waals surface area contributed by atoms with Crippen molar-refractivity contribution in [1.82, 2.24) is 15.2 Å². The van der Waals surface area contributed by atoms with Gasteiger partial charge >= 0.3 is 0 Å². The van der Waals surface area contributed by atoms with E-state index in [1.807, 2.05) is 24.3 Å². The van der Waals surface area contributed by atoms with Crippen LogP contribution in [0.15, 0.2) is 66.3 Å². The normalized spacial score (nSPS) is 18.5. The Kier molecular flexibility index (Phi) is 8.86. The van der Waals surface area contributed by atoms with Crippen LogP contribution in [0.3, 0.4) is 0 Å². The Morgan fingerprint density at radius 1 is 1.17 bits per heavy atom. The van der Waals surface area contributed by atoms with Gasteiger partial charge in [-0.15, -0.1) is 0 Å². The number of allylic oxidation sites excluding steroid dienone is 3. The van der Waals surface area contributed by atoms with Crippen molar-refractivity contribution in [2.24, 2.45) is 5.92 Å². The fourth-order valence-electron chi connectivity index (χ4n) is 4.18. The maximum Gasteiger partial charge on any atom is 0.226 e. The number of rotatable bonds is 10. The third kappa shape index (κ3) is 7.90. The lowest BCUT2D eigenvalue weighted by Crippen LogP contribution is -2.37. The number of carbonyl (C=O) groups is 1. The number of pyridine rings is 1. The van der Waals surface area contributed by atoms with Gasteiger partial charge in [0.05, 0.1) is 32.0 Å². The summed E-state index contributed by atoms with van der Waals surface area (Å²) in [6.07, 6.45) is 6.27. The number of nitrogens with one attached hydrogen (secondary N) is 1. The zero-order chi connectivity index (χ0) is 24.5. The first-order valence-electron chi connectivity index (χ1n) is 12.1. The lowest BCUT2D eigenvalue weighted by molar-refractivity contribution is -0.120. The molecule has 1 aromatic carbocycles. The van der Waals surface area contributed by atoms with Crippen LogP contribution in [0.5, 0.6) is 5.75 Å². The van der Waals surface area contributed by atoms with Crippen molar-refractivity contribution in [3.63, 3.8) is 0 Å². The maximum atomic E-state index is 14.1. The highest BCUT2D eigenvalue weighted by Gasteiger charge is 2.18. The van der Waals surface area contributed by atoms with Gasteiger partial charge in [0, 0.05) is 62.0 Å². The number of nitrogens with zero attached hydrogens (tertiary/aromatic N) is 2. The molecule has 0 bridgehead atoms. The number of phenols is 1. The molecule has 4 rings (SSSR count). The number of amides is 1. The van der Waals surface area contributed by atoms with Crippen LogP contribution >= 0.6 is 0 Å². The van der Waals surface area contributed by atoms with Gasteiger partial charge in [-0.25, -0.2) is 4.39 Å². The van der Waals surface area contributed by atoms with E-state index in [0.717, 1.165) is 50.4 Å². The van der Waals surface area contributed by atoms with E-state index >= 15 is 0 Å². The standard InChI is InChI=1S/C27H32FN3O4/c28-23-14-20(15-26(16-23)35-11-1-8-31-9-12-34-13-10-31)18-30-27(33)17-24-5-2-22(19-29-24)21-3-6-25(32)7-4-21/h2-7,14,16,19-20,32H,1,8-13,15,17-18H2,(H,30,33). The first kappa shape index (κ1) is 24.9. The Morgan fingerprint density at radius 2 is 1.94 bits per heavy atom. The summed E-state index contributed by atoms with van der Waals surface area (Å²) < 4.78 is 25.3. The number of hydrogen-bond acceptors (Lipinski definition) is 6. The van der Waals surface area contributed by atoms with Crippen LogP contribution in [0.2, 0.25) is 0 Å². The number of aromatic nitrogens is 1. The molecule has 1 unspecified atom stereocenters. The Hall–Kier alpha value is -3.23. The minimum Gasteiger partial charge on any atom is -0.508 e. The topological polar surface area (TPSA) is 83.9 Å². The molecule has 1 aromatic heterocycles. The summed E-state index contributed by atoms with van der Waals surface area (Å²) >= 11 is 0. The molecule has 1 amide bonds. The van der Waals surface area contributed by atoms with Crippen LogP contribution in [-0.4, -0.2) is 66.9 Å². The van der Waals surface area contributed by atoms with E-state index in [-0.39, 0.29) is 29.8 Å². The smallest absolute Gasteiger partial charge is 0.226 e. The van der Waals surface area contributed by atoms with Gasteiger partial charge in [0.25, 0.3) is 0 Å². The first-order chi connectivity index (χ1) is 17.0. The molecule has 7 nitrogen and oxygen atoms in total. The third-order valence-corrected chi connectivity index (χ3v) is 6.10. The Bertz CT molecular complexity index is 1030. The molecule has 186 valence electrons. The van der Waals surface area contributed by atoms with Crippen LogP contribution in [0, 0.1) is 5.92 Å². The van der Waals surface area contributed by atoms with Gasteiger partial charge in [-0.1, -0.05) is 18.2 Å². The van der Waals surface area contributed by atoms with E-state index in [1.165, 1.54) is 12.2 Å². The Labute approximate surface area is 205 Å². The number of morpholine rings is 1. The minimum absolute atomic E-state index is 0.148. The predicted molar refractivity (Wildman–Crippen MR) is 131 cm³/mol. The van der Waals surface area contributed by atoms with Crippen LogP contribution < -0.4 is 5.32 Å². The second kappa shape index (κ2) is 12.5.